The van der Waals surface area contributed by atoms with Gasteiger partial charge in [-0.1, -0.05) is 30.0 Å². The average molecular weight is 292 g/mol. The summed E-state index contributed by atoms with van der Waals surface area (Å²) in [5.41, 5.74) is 0.448. The lowest BCUT2D eigenvalue weighted by Gasteiger charge is -2.02. The van der Waals surface area contributed by atoms with Crippen LogP contribution >= 0.6 is 23.1 Å². The Hall–Kier alpha value is -1.66. The van der Waals surface area contributed by atoms with E-state index in [0.29, 0.717) is 26.7 Å². The van der Waals surface area contributed by atoms with Gasteiger partial charge in [-0.2, -0.15) is 0 Å². The van der Waals surface area contributed by atoms with Crippen LogP contribution in [-0.4, -0.2) is 9.97 Å². The highest BCUT2D eigenvalue weighted by molar-refractivity contribution is 7.98. The van der Waals surface area contributed by atoms with Crippen LogP contribution in [0.4, 0.5) is 4.39 Å². The van der Waals surface area contributed by atoms with Gasteiger partial charge < -0.3 is 4.98 Å². The number of halogens is 1. The number of rotatable bonds is 3. The number of fused-ring (bicyclic) bond motifs is 1. The molecule has 0 aliphatic heterocycles. The third kappa shape index (κ3) is 2.54. The maximum atomic E-state index is 13.5. The maximum absolute atomic E-state index is 13.5. The van der Waals surface area contributed by atoms with E-state index < -0.39 is 0 Å². The highest BCUT2D eigenvalue weighted by Gasteiger charge is 2.07. The van der Waals surface area contributed by atoms with E-state index >= 15 is 0 Å². The van der Waals surface area contributed by atoms with E-state index in [1.54, 1.807) is 24.3 Å². The second-order valence-electron chi connectivity index (χ2n) is 3.89. The van der Waals surface area contributed by atoms with Gasteiger partial charge in [0.2, 0.25) is 0 Å². The van der Waals surface area contributed by atoms with E-state index in [1.165, 1.54) is 29.2 Å². The van der Waals surface area contributed by atoms with Gasteiger partial charge in [0.25, 0.3) is 5.56 Å². The van der Waals surface area contributed by atoms with Crippen molar-refractivity contribution < 1.29 is 4.39 Å². The fourth-order valence-corrected chi connectivity index (χ4v) is 3.34. The Balaban J connectivity index is 1.86. The molecule has 19 heavy (non-hydrogen) atoms. The van der Waals surface area contributed by atoms with Gasteiger partial charge in [-0.15, -0.1) is 11.3 Å². The Morgan fingerprint density at radius 1 is 1.32 bits per heavy atom. The minimum atomic E-state index is -0.241. The van der Waals surface area contributed by atoms with E-state index in [9.17, 15) is 9.18 Å². The molecule has 2 heterocycles. The van der Waals surface area contributed by atoms with Crippen LogP contribution in [-0.2, 0) is 5.75 Å². The fraction of sp³-hybridized carbons (Fsp3) is 0.0769. The Bertz CT molecular complexity index is 781. The highest BCUT2D eigenvalue weighted by atomic mass is 32.2. The number of benzene rings is 1. The SMILES string of the molecule is O=c1[nH]c(SCc2ccccc2F)nc2sccc12. The van der Waals surface area contributed by atoms with Crippen LogP contribution in [0.5, 0.6) is 0 Å². The zero-order valence-electron chi connectivity index (χ0n) is 9.72. The van der Waals surface area contributed by atoms with Crippen LogP contribution < -0.4 is 5.56 Å². The zero-order chi connectivity index (χ0) is 13.2. The number of nitrogens with zero attached hydrogens (tertiary/aromatic N) is 1. The number of aromatic amines is 1. The van der Waals surface area contributed by atoms with Crippen LogP contribution in [0.2, 0.25) is 0 Å². The quantitative estimate of drug-likeness (QED) is 0.594. The molecular formula is C13H9FN2OS2. The molecule has 0 amide bonds. The van der Waals surface area contributed by atoms with E-state index in [4.69, 9.17) is 0 Å². The molecule has 0 saturated heterocycles. The summed E-state index contributed by atoms with van der Waals surface area (Å²) in [6.07, 6.45) is 0. The molecule has 3 aromatic rings. The van der Waals surface area contributed by atoms with E-state index in [-0.39, 0.29) is 11.4 Å². The molecule has 0 atom stereocenters. The van der Waals surface area contributed by atoms with Crippen LogP contribution in [0.1, 0.15) is 5.56 Å². The first-order chi connectivity index (χ1) is 9.24. The van der Waals surface area contributed by atoms with E-state index in [1.807, 2.05) is 5.38 Å². The van der Waals surface area contributed by atoms with Crippen molar-refractivity contribution in [2.24, 2.45) is 0 Å². The molecular weight excluding hydrogens is 283 g/mol. The van der Waals surface area contributed by atoms with Crippen molar-refractivity contribution in [1.29, 1.82) is 0 Å². The van der Waals surface area contributed by atoms with Crippen molar-refractivity contribution in [3.63, 3.8) is 0 Å². The Morgan fingerprint density at radius 2 is 2.16 bits per heavy atom. The summed E-state index contributed by atoms with van der Waals surface area (Å²) >= 11 is 2.74. The zero-order valence-corrected chi connectivity index (χ0v) is 11.4. The van der Waals surface area contributed by atoms with Crippen molar-refractivity contribution in [2.45, 2.75) is 10.9 Å². The molecule has 0 saturated carbocycles. The lowest BCUT2D eigenvalue weighted by Crippen LogP contribution is -2.07. The molecule has 1 N–H and O–H groups in total. The number of hydrogen-bond acceptors (Lipinski definition) is 4. The van der Waals surface area contributed by atoms with Gasteiger partial charge >= 0.3 is 0 Å². The fourth-order valence-electron chi connectivity index (χ4n) is 1.68. The van der Waals surface area contributed by atoms with Gasteiger partial charge in [0.1, 0.15) is 10.6 Å². The van der Waals surface area contributed by atoms with Gasteiger partial charge in [0, 0.05) is 5.75 Å². The number of nitrogens with one attached hydrogen (secondary N) is 1. The van der Waals surface area contributed by atoms with Crippen molar-refractivity contribution in [2.75, 3.05) is 0 Å². The Labute approximate surface area is 116 Å². The first-order valence-electron chi connectivity index (χ1n) is 5.58. The molecule has 0 spiro atoms. The first-order valence-corrected chi connectivity index (χ1v) is 7.44. The largest absolute Gasteiger partial charge is 0.301 e. The molecule has 0 aliphatic carbocycles. The predicted octanol–water partition coefficient (Wildman–Crippen LogP) is 3.42. The number of H-pyrrole nitrogens is 1. The summed E-state index contributed by atoms with van der Waals surface area (Å²) in [4.78, 5) is 19.5. The summed E-state index contributed by atoms with van der Waals surface area (Å²) < 4.78 is 13.5. The number of aromatic nitrogens is 2. The van der Waals surface area contributed by atoms with Crippen LogP contribution in [0.15, 0.2) is 45.7 Å². The summed E-state index contributed by atoms with van der Waals surface area (Å²) in [6.45, 7) is 0. The smallest absolute Gasteiger partial charge is 0.260 e. The summed E-state index contributed by atoms with van der Waals surface area (Å²) in [5, 5.41) is 2.95. The molecule has 0 radical (unpaired) electrons. The molecule has 6 heteroatoms. The maximum Gasteiger partial charge on any atom is 0.260 e. The number of hydrogen-bond donors (Lipinski definition) is 1. The number of thioether (sulfide) groups is 1. The molecule has 0 unspecified atom stereocenters. The van der Waals surface area contributed by atoms with Crippen LogP contribution in [0.3, 0.4) is 0 Å². The van der Waals surface area contributed by atoms with Crippen molar-refractivity contribution in [1.82, 2.24) is 9.97 Å². The van der Waals surface area contributed by atoms with Crippen molar-refractivity contribution in [3.05, 3.63) is 57.4 Å². The molecule has 0 fully saturated rings. The second-order valence-corrected chi connectivity index (χ2v) is 5.75. The normalized spacial score (nSPS) is 11.0. The van der Waals surface area contributed by atoms with E-state index in [0.717, 1.165) is 0 Å². The molecule has 3 nitrogen and oxygen atoms in total. The summed E-state index contributed by atoms with van der Waals surface area (Å²) in [5.74, 6) is 0.196. The van der Waals surface area contributed by atoms with Gasteiger partial charge in [-0.05, 0) is 23.1 Å². The minimum absolute atomic E-state index is 0.151. The molecule has 0 bridgehead atoms. The van der Waals surface area contributed by atoms with Crippen LogP contribution in [0, 0.1) is 5.82 Å². The first kappa shape index (κ1) is 12.4. The Morgan fingerprint density at radius 3 is 3.00 bits per heavy atom. The van der Waals surface area contributed by atoms with Gasteiger partial charge in [-0.3, -0.25) is 4.79 Å². The third-order valence-electron chi connectivity index (χ3n) is 2.64. The third-order valence-corrected chi connectivity index (χ3v) is 4.36. The minimum Gasteiger partial charge on any atom is -0.301 e. The lowest BCUT2D eigenvalue weighted by molar-refractivity contribution is 0.617. The van der Waals surface area contributed by atoms with Crippen LogP contribution in [0.25, 0.3) is 10.2 Å². The summed E-state index contributed by atoms with van der Waals surface area (Å²) in [6, 6.07) is 8.34. The topological polar surface area (TPSA) is 45.8 Å². The Kier molecular flexibility index (Phi) is 3.35. The van der Waals surface area contributed by atoms with Gasteiger partial charge in [0.15, 0.2) is 5.16 Å². The standard InChI is InChI=1S/C13H9FN2OS2/c14-10-4-2-1-3-8(10)7-19-13-15-11(17)9-5-6-18-12(9)16-13/h1-6H,7H2,(H,15,16,17). The molecule has 3 rings (SSSR count). The van der Waals surface area contributed by atoms with Crippen molar-refractivity contribution in [3.8, 4) is 0 Å². The number of thiophene rings is 1. The van der Waals surface area contributed by atoms with E-state index in [2.05, 4.69) is 9.97 Å². The molecule has 2 aromatic heterocycles. The van der Waals surface area contributed by atoms with Crippen molar-refractivity contribution >= 4 is 33.3 Å². The van der Waals surface area contributed by atoms with Gasteiger partial charge in [-0.25, -0.2) is 9.37 Å². The molecule has 1 aromatic carbocycles. The predicted molar refractivity (Wildman–Crippen MR) is 76.2 cm³/mol. The molecule has 96 valence electrons. The summed E-state index contributed by atoms with van der Waals surface area (Å²) in [7, 11) is 0. The second kappa shape index (κ2) is 5.14. The average Bonchev–Trinajstić information content (AvgIpc) is 2.87. The monoisotopic (exact) mass is 292 g/mol. The highest BCUT2D eigenvalue weighted by Crippen LogP contribution is 2.22. The lowest BCUT2D eigenvalue weighted by atomic mass is 10.2. The molecule has 0 aliphatic rings. The van der Waals surface area contributed by atoms with Gasteiger partial charge in [0.05, 0.1) is 5.39 Å².